The minimum atomic E-state index is -2.01. The molecule has 0 aliphatic heterocycles. The zero-order chi connectivity index (χ0) is 29.5. The molecule has 0 spiro atoms. The van der Waals surface area contributed by atoms with E-state index in [1.807, 2.05) is 36.4 Å². The fraction of sp³-hybridized carbons (Fsp3) is 0.400. The highest BCUT2D eigenvalue weighted by Gasteiger charge is 2.37. The molecule has 40 heavy (non-hydrogen) atoms. The maximum Gasteiger partial charge on any atom is 0.345 e. The van der Waals surface area contributed by atoms with E-state index in [-0.39, 0.29) is 18.1 Å². The molecule has 3 rings (SSSR count). The SMILES string of the molecule is COc1ccccc1-c1nccc(COc2ccc(CO[Si](C)(C)C(C)(C)C)cc2CC(OC(C)=O)C(=O)O)n1. The van der Waals surface area contributed by atoms with Gasteiger partial charge in [-0.1, -0.05) is 39.0 Å². The topological polar surface area (TPSA) is 117 Å². The molecule has 1 unspecified atom stereocenters. The van der Waals surface area contributed by atoms with Gasteiger partial charge in [0.15, 0.2) is 14.1 Å². The Hall–Kier alpha value is -3.76. The molecule has 9 nitrogen and oxygen atoms in total. The Morgan fingerprint density at radius 3 is 2.40 bits per heavy atom. The lowest BCUT2D eigenvalue weighted by atomic mass is 10.0. The third kappa shape index (κ3) is 8.12. The van der Waals surface area contributed by atoms with Gasteiger partial charge >= 0.3 is 11.9 Å². The summed E-state index contributed by atoms with van der Waals surface area (Å²) in [5.41, 5.74) is 2.84. The second-order valence-electron chi connectivity index (χ2n) is 11.0. The Morgan fingerprint density at radius 2 is 1.75 bits per heavy atom. The van der Waals surface area contributed by atoms with Gasteiger partial charge in [-0.15, -0.1) is 0 Å². The van der Waals surface area contributed by atoms with Crippen molar-refractivity contribution < 1.29 is 33.3 Å². The standard InChI is InChI=1S/C30H38N2O7Si/c1-20(33)39-27(29(34)35)17-22-16-21(18-38-40(6,7)30(2,3)4)12-13-25(22)37-19-23-14-15-31-28(32-23)24-10-8-9-11-26(24)36-5/h8-16,27H,17-19H2,1-7H3,(H,34,35). The van der Waals surface area contributed by atoms with Crippen LogP contribution in [0.3, 0.4) is 0 Å². The van der Waals surface area contributed by atoms with E-state index < -0.39 is 26.4 Å². The average molecular weight is 567 g/mol. The fourth-order valence-electron chi connectivity index (χ4n) is 3.67. The minimum absolute atomic E-state index is 0.0444. The van der Waals surface area contributed by atoms with E-state index in [0.717, 1.165) is 11.1 Å². The highest BCUT2D eigenvalue weighted by atomic mass is 28.4. The van der Waals surface area contributed by atoms with E-state index in [0.29, 0.717) is 35.2 Å². The lowest BCUT2D eigenvalue weighted by molar-refractivity contribution is -0.162. The zero-order valence-corrected chi connectivity index (χ0v) is 25.2. The van der Waals surface area contributed by atoms with Crippen LogP contribution in [0.15, 0.2) is 54.7 Å². The number of carbonyl (C=O) groups excluding carboxylic acids is 1. The van der Waals surface area contributed by atoms with Gasteiger partial charge in [-0.05, 0) is 59.6 Å². The number of esters is 1. The van der Waals surface area contributed by atoms with Gasteiger partial charge in [-0.3, -0.25) is 4.79 Å². The first kappa shape index (κ1) is 30.8. The van der Waals surface area contributed by atoms with Crippen LogP contribution in [-0.4, -0.2) is 48.5 Å². The summed E-state index contributed by atoms with van der Waals surface area (Å²) in [6.45, 7) is 12.5. The van der Waals surface area contributed by atoms with Crippen molar-refractivity contribution in [2.75, 3.05) is 7.11 Å². The lowest BCUT2D eigenvalue weighted by Crippen LogP contribution is -2.40. The number of aliphatic carboxylic acids is 1. The molecule has 3 aromatic rings. The molecule has 0 saturated carbocycles. The normalized spacial score (nSPS) is 12.5. The number of carboxylic acid groups (broad SMARTS) is 1. The maximum atomic E-state index is 11.8. The number of para-hydroxylation sites is 1. The number of ether oxygens (including phenoxy) is 3. The molecular formula is C30H38N2O7Si. The molecule has 1 heterocycles. The Bertz CT molecular complexity index is 1340. The van der Waals surface area contributed by atoms with Gasteiger partial charge in [0.2, 0.25) is 6.10 Å². The van der Waals surface area contributed by atoms with Gasteiger partial charge in [0.25, 0.3) is 0 Å². The number of carbonyl (C=O) groups is 2. The molecule has 0 amide bonds. The Balaban J connectivity index is 1.87. The molecule has 0 saturated heterocycles. The molecule has 1 atom stereocenters. The van der Waals surface area contributed by atoms with Gasteiger partial charge in [0, 0.05) is 19.5 Å². The number of aromatic nitrogens is 2. The second-order valence-corrected chi connectivity index (χ2v) is 15.8. The molecule has 214 valence electrons. The smallest absolute Gasteiger partial charge is 0.345 e. The number of carboxylic acids is 1. The summed E-state index contributed by atoms with van der Waals surface area (Å²) in [7, 11) is -0.416. The Labute approximate surface area is 236 Å². The molecule has 0 aliphatic carbocycles. The highest BCUT2D eigenvalue weighted by molar-refractivity contribution is 6.74. The predicted octanol–water partition coefficient (Wildman–Crippen LogP) is 5.81. The zero-order valence-electron chi connectivity index (χ0n) is 24.2. The summed E-state index contributed by atoms with van der Waals surface area (Å²) in [5, 5.41) is 9.71. The van der Waals surface area contributed by atoms with Crippen LogP contribution < -0.4 is 9.47 Å². The number of methoxy groups -OCH3 is 1. The maximum absolute atomic E-state index is 11.8. The van der Waals surface area contributed by atoms with Crippen LogP contribution in [0.1, 0.15) is 44.5 Å². The Morgan fingerprint density at radius 1 is 1.02 bits per heavy atom. The van der Waals surface area contributed by atoms with Crippen LogP contribution >= 0.6 is 0 Å². The summed E-state index contributed by atoms with van der Waals surface area (Å²) in [5.74, 6) is -0.286. The number of nitrogens with zero attached hydrogens (tertiary/aromatic N) is 2. The first-order valence-electron chi connectivity index (χ1n) is 13.0. The minimum Gasteiger partial charge on any atom is -0.496 e. The van der Waals surface area contributed by atoms with Gasteiger partial charge < -0.3 is 23.7 Å². The predicted molar refractivity (Wildman–Crippen MR) is 154 cm³/mol. The van der Waals surface area contributed by atoms with Crippen LogP contribution in [0.5, 0.6) is 11.5 Å². The summed E-state index contributed by atoms with van der Waals surface area (Å²) in [6, 6.07) is 14.8. The van der Waals surface area contributed by atoms with Crippen LogP contribution in [-0.2, 0) is 38.4 Å². The van der Waals surface area contributed by atoms with Crippen LogP contribution in [0, 0.1) is 0 Å². The third-order valence-corrected chi connectivity index (χ3v) is 11.4. The van der Waals surface area contributed by atoms with Crippen molar-refractivity contribution in [2.24, 2.45) is 0 Å². The first-order chi connectivity index (χ1) is 18.8. The molecule has 2 aromatic carbocycles. The molecule has 0 aliphatic rings. The summed E-state index contributed by atoms with van der Waals surface area (Å²) in [6.07, 6.45) is 0.234. The van der Waals surface area contributed by atoms with Crippen molar-refractivity contribution in [3.63, 3.8) is 0 Å². The fourth-order valence-corrected chi connectivity index (χ4v) is 4.63. The Kier molecular flexibility index (Phi) is 10.0. The third-order valence-electron chi connectivity index (χ3n) is 6.96. The quantitative estimate of drug-likeness (QED) is 0.214. The molecule has 10 heteroatoms. The van der Waals surface area contributed by atoms with E-state index in [9.17, 15) is 14.7 Å². The number of rotatable bonds is 12. The number of hydrogen-bond donors (Lipinski definition) is 1. The summed E-state index contributed by atoms with van der Waals surface area (Å²) >= 11 is 0. The van der Waals surface area contributed by atoms with E-state index in [2.05, 4.69) is 43.8 Å². The van der Waals surface area contributed by atoms with Crippen LogP contribution in [0.25, 0.3) is 11.4 Å². The van der Waals surface area contributed by atoms with Crippen molar-refractivity contribution in [2.45, 2.75) is 71.6 Å². The van der Waals surface area contributed by atoms with E-state index in [1.165, 1.54) is 6.92 Å². The van der Waals surface area contributed by atoms with Crippen molar-refractivity contribution in [3.05, 3.63) is 71.5 Å². The molecule has 1 aromatic heterocycles. The van der Waals surface area contributed by atoms with Crippen LogP contribution in [0.2, 0.25) is 18.1 Å². The van der Waals surface area contributed by atoms with Crippen molar-refractivity contribution in [3.8, 4) is 22.9 Å². The lowest BCUT2D eigenvalue weighted by Gasteiger charge is -2.36. The van der Waals surface area contributed by atoms with E-state index in [4.69, 9.17) is 18.6 Å². The first-order valence-corrected chi connectivity index (χ1v) is 16.0. The average Bonchev–Trinajstić information content (AvgIpc) is 2.90. The van der Waals surface area contributed by atoms with E-state index >= 15 is 0 Å². The van der Waals surface area contributed by atoms with Crippen molar-refractivity contribution in [1.29, 1.82) is 0 Å². The van der Waals surface area contributed by atoms with Gasteiger partial charge in [-0.25, -0.2) is 14.8 Å². The number of hydrogen-bond acceptors (Lipinski definition) is 8. The number of benzene rings is 2. The van der Waals surface area contributed by atoms with Crippen molar-refractivity contribution in [1.82, 2.24) is 9.97 Å². The van der Waals surface area contributed by atoms with E-state index in [1.54, 1.807) is 25.4 Å². The summed E-state index contributed by atoms with van der Waals surface area (Å²) < 4.78 is 23.0. The van der Waals surface area contributed by atoms with Crippen molar-refractivity contribution >= 4 is 20.3 Å². The van der Waals surface area contributed by atoms with Gasteiger partial charge in [-0.2, -0.15) is 0 Å². The molecule has 0 bridgehead atoms. The second kappa shape index (κ2) is 13.1. The monoisotopic (exact) mass is 566 g/mol. The van der Waals surface area contributed by atoms with Gasteiger partial charge in [0.05, 0.1) is 25.0 Å². The van der Waals surface area contributed by atoms with Gasteiger partial charge in [0.1, 0.15) is 18.1 Å². The molecule has 0 radical (unpaired) electrons. The molecule has 1 N–H and O–H groups in total. The van der Waals surface area contributed by atoms with Crippen LogP contribution in [0.4, 0.5) is 0 Å². The largest absolute Gasteiger partial charge is 0.496 e. The molecular weight excluding hydrogens is 528 g/mol. The highest BCUT2D eigenvalue weighted by Crippen LogP contribution is 2.37. The summed E-state index contributed by atoms with van der Waals surface area (Å²) in [4.78, 5) is 32.4. The molecule has 0 fully saturated rings.